The average Bonchev–Trinajstić information content (AvgIpc) is 2.37. The Labute approximate surface area is 119 Å². The van der Waals surface area contributed by atoms with Gasteiger partial charge in [-0.05, 0) is 19.4 Å². The molecule has 20 heavy (non-hydrogen) atoms. The molecule has 0 heterocycles. The molecule has 0 aliphatic heterocycles. The van der Waals surface area contributed by atoms with Gasteiger partial charge in [0.05, 0.1) is 12.5 Å². The molecule has 1 unspecified atom stereocenters. The van der Waals surface area contributed by atoms with Crippen molar-refractivity contribution in [3.63, 3.8) is 0 Å². The number of carboxylic acids is 2. The second-order valence-corrected chi connectivity index (χ2v) is 4.85. The van der Waals surface area contributed by atoms with E-state index >= 15 is 0 Å². The number of carboxylic acid groups (broad SMARTS) is 2. The van der Waals surface area contributed by atoms with E-state index in [0.29, 0.717) is 19.5 Å². The summed E-state index contributed by atoms with van der Waals surface area (Å²) in [5, 5.41) is 19.9. The molecule has 0 aliphatic rings. The fraction of sp³-hybridized carbons (Fsp3) is 0.769. The van der Waals surface area contributed by atoms with Gasteiger partial charge in [0, 0.05) is 20.0 Å². The lowest BCUT2D eigenvalue weighted by atomic mass is 10.1. The maximum absolute atomic E-state index is 11.4. The van der Waals surface area contributed by atoms with E-state index in [2.05, 4.69) is 5.32 Å². The minimum atomic E-state index is -0.891. The van der Waals surface area contributed by atoms with E-state index in [0.717, 1.165) is 12.8 Å². The summed E-state index contributed by atoms with van der Waals surface area (Å²) < 4.78 is 0. The highest BCUT2D eigenvalue weighted by molar-refractivity contribution is 5.77. The van der Waals surface area contributed by atoms with Crippen molar-refractivity contribution in [3.05, 3.63) is 0 Å². The molecule has 0 saturated heterocycles. The van der Waals surface area contributed by atoms with Gasteiger partial charge in [-0.15, -0.1) is 0 Å². The summed E-state index contributed by atoms with van der Waals surface area (Å²) in [5.41, 5.74) is 0. The monoisotopic (exact) mass is 288 g/mol. The maximum Gasteiger partial charge on any atom is 0.307 e. The van der Waals surface area contributed by atoms with Crippen LogP contribution in [0, 0.1) is 5.92 Å². The van der Waals surface area contributed by atoms with Crippen molar-refractivity contribution in [1.82, 2.24) is 10.2 Å². The third-order valence-corrected chi connectivity index (χ3v) is 2.96. The predicted molar refractivity (Wildman–Crippen MR) is 73.4 cm³/mol. The molecule has 0 rings (SSSR count). The summed E-state index contributed by atoms with van der Waals surface area (Å²) in [7, 11) is 1.54. The van der Waals surface area contributed by atoms with Gasteiger partial charge in [-0.2, -0.15) is 0 Å². The van der Waals surface area contributed by atoms with Gasteiger partial charge in [-0.1, -0.05) is 13.3 Å². The molecule has 0 saturated carbocycles. The number of nitrogens with one attached hydrogen (secondary N) is 1. The quantitative estimate of drug-likeness (QED) is 0.475. The number of carbonyl (C=O) groups is 3. The van der Waals surface area contributed by atoms with Crippen LogP contribution in [0.15, 0.2) is 0 Å². The van der Waals surface area contributed by atoms with E-state index in [9.17, 15) is 14.4 Å². The van der Waals surface area contributed by atoms with Gasteiger partial charge in [0.1, 0.15) is 0 Å². The highest BCUT2D eigenvalue weighted by atomic mass is 16.4. The van der Waals surface area contributed by atoms with Crippen molar-refractivity contribution in [2.24, 2.45) is 5.92 Å². The molecule has 0 fully saturated rings. The smallest absolute Gasteiger partial charge is 0.307 e. The van der Waals surface area contributed by atoms with Crippen LogP contribution in [-0.4, -0.2) is 59.6 Å². The predicted octanol–water partition coefficient (Wildman–Crippen LogP) is 0.400. The lowest BCUT2D eigenvalue weighted by Gasteiger charge is -2.23. The van der Waals surface area contributed by atoms with Gasteiger partial charge in [-0.3, -0.25) is 19.3 Å². The third kappa shape index (κ3) is 9.32. The SMILES string of the molecule is CNC(=O)CN(CCCCCC(=O)O)CC(C)C(=O)O. The lowest BCUT2D eigenvalue weighted by molar-refractivity contribution is -0.142. The van der Waals surface area contributed by atoms with Crippen LogP contribution >= 0.6 is 0 Å². The van der Waals surface area contributed by atoms with E-state index in [-0.39, 0.29) is 18.9 Å². The van der Waals surface area contributed by atoms with Crippen molar-refractivity contribution in [1.29, 1.82) is 0 Å². The van der Waals surface area contributed by atoms with Gasteiger partial charge < -0.3 is 15.5 Å². The second kappa shape index (κ2) is 10.2. The number of carbonyl (C=O) groups excluding carboxylic acids is 1. The number of amides is 1. The first-order chi connectivity index (χ1) is 9.36. The Bertz CT molecular complexity index is 333. The van der Waals surface area contributed by atoms with Crippen molar-refractivity contribution < 1.29 is 24.6 Å². The van der Waals surface area contributed by atoms with Crippen molar-refractivity contribution in [3.8, 4) is 0 Å². The number of likely N-dealkylation sites (N-methyl/N-ethyl adjacent to an activating group) is 1. The van der Waals surface area contributed by atoms with Crippen molar-refractivity contribution in [2.45, 2.75) is 32.6 Å². The average molecular weight is 288 g/mol. The summed E-state index contributed by atoms with van der Waals surface area (Å²) in [6, 6.07) is 0. The highest BCUT2D eigenvalue weighted by Gasteiger charge is 2.17. The minimum Gasteiger partial charge on any atom is -0.481 e. The van der Waals surface area contributed by atoms with Crippen LogP contribution in [0.4, 0.5) is 0 Å². The first kappa shape index (κ1) is 18.4. The molecule has 0 aromatic carbocycles. The van der Waals surface area contributed by atoms with Crippen LogP contribution in [0.3, 0.4) is 0 Å². The lowest BCUT2D eigenvalue weighted by Crippen LogP contribution is -2.40. The number of hydrogen-bond acceptors (Lipinski definition) is 4. The minimum absolute atomic E-state index is 0.140. The molecule has 7 nitrogen and oxygen atoms in total. The van der Waals surface area contributed by atoms with Crippen LogP contribution in [0.1, 0.15) is 32.6 Å². The van der Waals surface area contributed by atoms with E-state index in [4.69, 9.17) is 10.2 Å². The highest BCUT2D eigenvalue weighted by Crippen LogP contribution is 2.05. The van der Waals surface area contributed by atoms with Crippen LogP contribution < -0.4 is 5.32 Å². The molecule has 0 aromatic heterocycles. The molecule has 3 N–H and O–H groups in total. The Balaban J connectivity index is 4.13. The van der Waals surface area contributed by atoms with E-state index in [1.165, 1.54) is 7.05 Å². The number of rotatable bonds is 11. The maximum atomic E-state index is 11.4. The molecule has 7 heteroatoms. The normalized spacial score (nSPS) is 12.2. The fourth-order valence-electron chi connectivity index (χ4n) is 1.77. The third-order valence-electron chi connectivity index (χ3n) is 2.96. The summed E-state index contributed by atoms with van der Waals surface area (Å²) in [6.45, 7) is 2.66. The Morgan fingerprint density at radius 1 is 1.15 bits per heavy atom. The molecule has 0 bridgehead atoms. The second-order valence-electron chi connectivity index (χ2n) is 4.85. The van der Waals surface area contributed by atoms with Crippen LogP contribution in [-0.2, 0) is 14.4 Å². The van der Waals surface area contributed by atoms with Gasteiger partial charge in [-0.25, -0.2) is 0 Å². The van der Waals surface area contributed by atoms with Crippen LogP contribution in [0.2, 0.25) is 0 Å². The zero-order valence-electron chi connectivity index (χ0n) is 12.1. The van der Waals surface area contributed by atoms with Crippen LogP contribution in [0.5, 0.6) is 0 Å². The number of hydrogen-bond donors (Lipinski definition) is 3. The number of aliphatic carboxylic acids is 2. The summed E-state index contributed by atoms with van der Waals surface area (Å²) in [6.07, 6.45) is 2.23. The molecule has 0 radical (unpaired) electrons. The Morgan fingerprint density at radius 3 is 2.30 bits per heavy atom. The first-order valence-electron chi connectivity index (χ1n) is 6.74. The fourth-order valence-corrected chi connectivity index (χ4v) is 1.77. The first-order valence-corrected chi connectivity index (χ1v) is 6.74. The molecule has 116 valence electrons. The van der Waals surface area contributed by atoms with Crippen molar-refractivity contribution >= 4 is 17.8 Å². The Kier molecular flexibility index (Phi) is 9.36. The molecule has 1 amide bonds. The Morgan fingerprint density at radius 2 is 1.80 bits per heavy atom. The zero-order valence-corrected chi connectivity index (χ0v) is 12.1. The van der Waals surface area contributed by atoms with Gasteiger partial charge in [0.2, 0.25) is 5.91 Å². The molecular weight excluding hydrogens is 264 g/mol. The molecule has 0 spiro atoms. The van der Waals surface area contributed by atoms with Gasteiger partial charge >= 0.3 is 11.9 Å². The number of nitrogens with zero attached hydrogens (tertiary/aromatic N) is 1. The van der Waals surface area contributed by atoms with E-state index in [1.807, 2.05) is 0 Å². The molecule has 1 atom stereocenters. The van der Waals surface area contributed by atoms with E-state index in [1.54, 1.807) is 11.8 Å². The zero-order chi connectivity index (χ0) is 15.5. The Hall–Kier alpha value is -1.63. The summed E-state index contributed by atoms with van der Waals surface area (Å²) >= 11 is 0. The summed E-state index contributed by atoms with van der Waals surface area (Å²) in [4.78, 5) is 34.4. The molecule has 0 aromatic rings. The standard InChI is InChI=1S/C13H24N2O5/c1-10(13(19)20)8-15(9-11(16)14-2)7-5-3-4-6-12(17)18/h10H,3-9H2,1-2H3,(H,14,16)(H,17,18)(H,19,20). The largest absolute Gasteiger partial charge is 0.481 e. The topological polar surface area (TPSA) is 107 Å². The van der Waals surface area contributed by atoms with Gasteiger partial charge in [0.15, 0.2) is 0 Å². The number of unbranched alkanes of at least 4 members (excludes halogenated alkanes) is 2. The van der Waals surface area contributed by atoms with Crippen molar-refractivity contribution in [2.75, 3.05) is 26.7 Å². The van der Waals surface area contributed by atoms with Gasteiger partial charge in [0.25, 0.3) is 0 Å². The summed E-state index contributed by atoms with van der Waals surface area (Å²) in [5.74, 6) is -2.41. The molecular formula is C13H24N2O5. The van der Waals surface area contributed by atoms with Crippen LogP contribution in [0.25, 0.3) is 0 Å². The van der Waals surface area contributed by atoms with E-state index < -0.39 is 17.9 Å². The molecule has 0 aliphatic carbocycles.